The van der Waals surface area contributed by atoms with Crippen molar-refractivity contribution in [3.8, 4) is 5.75 Å². The number of ether oxygens (including phenoxy) is 1. The quantitative estimate of drug-likeness (QED) is 0.749. The molecular weight excluding hydrogens is 180 g/mol. The van der Waals surface area contributed by atoms with Gasteiger partial charge >= 0.3 is 0 Å². The second kappa shape index (κ2) is 4.93. The van der Waals surface area contributed by atoms with Gasteiger partial charge in [0.05, 0.1) is 24.4 Å². The van der Waals surface area contributed by atoms with Gasteiger partial charge in [0.2, 0.25) is 0 Å². The van der Waals surface area contributed by atoms with Gasteiger partial charge < -0.3 is 15.6 Å². The van der Waals surface area contributed by atoms with Crippen molar-refractivity contribution in [3.05, 3.63) is 24.0 Å². The number of nitrogens with two attached hydrogens (primary N) is 1. The molecule has 0 aliphatic carbocycles. The number of hydrogen-bond acceptors (Lipinski definition) is 4. The number of aromatic nitrogens is 1. The maximum Gasteiger partial charge on any atom is 0.123 e. The zero-order valence-corrected chi connectivity index (χ0v) is 8.47. The van der Waals surface area contributed by atoms with Crippen LogP contribution in [0.25, 0.3) is 0 Å². The van der Waals surface area contributed by atoms with Crippen LogP contribution in [0.5, 0.6) is 5.75 Å². The van der Waals surface area contributed by atoms with Crippen LogP contribution in [0.15, 0.2) is 18.3 Å². The van der Waals surface area contributed by atoms with Crippen molar-refractivity contribution < 1.29 is 9.84 Å². The van der Waals surface area contributed by atoms with Crippen LogP contribution in [0.4, 0.5) is 0 Å². The molecular formula is C10H16N2O2. The van der Waals surface area contributed by atoms with E-state index in [9.17, 15) is 0 Å². The summed E-state index contributed by atoms with van der Waals surface area (Å²) in [5.41, 5.74) is 6.27. The van der Waals surface area contributed by atoms with Crippen LogP contribution >= 0.6 is 0 Å². The molecule has 1 atom stereocenters. The Bertz CT molecular complexity index is 289. The Morgan fingerprint density at radius 3 is 2.86 bits per heavy atom. The molecule has 0 radical (unpaired) electrons. The molecule has 1 heterocycles. The Labute approximate surface area is 83.7 Å². The van der Waals surface area contributed by atoms with E-state index in [-0.39, 0.29) is 12.7 Å². The predicted octanol–water partition coefficient (Wildman–Crippen LogP) is 0.861. The van der Waals surface area contributed by atoms with Crippen LogP contribution in [0, 0.1) is 0 Å². The number of rotatable bonds is 4. The molecule has 4 nitrogen and oxygen atoms in total. The lowest BCUT2D eigenvalue weighted by molar-refractivity contribution is 0.240. The molecule has 0 spiro atoms. The summed E-state index contributed by atoms with van der Waals surface area (Å²) in [5.74, 6) is 0.730. The zero-order chi connectivity index (χ0) is 10.6. The highest BCUT2D eigenvalue weighted by Crippen LogP contribution is 2.16. The third-order valence-electron chi connectivity index (χ3n) is 1.70. The fraction of sp³-hybridized carbons (Fsp3) is 0.500. The van der Waals surface area contributed by atoms with Crippen molar-refractivity contribution in [1.29, 1.82) is 0 Å². The molecule has 0 saturated heterocycles. The summed E-state index contributed by atoms with van der Waals surface area (Å²) in [6, 6.07) is 3.08. The second-order valence-corrected chi connectivity index (χ2v) is 3.37. The lowest BCUT2D eigenvalue weighted by atomic mass is 10.2. The average Bonchev–Trinajstić information content (AvgIpc) is 2.16. The van der Waals surface area contributed by atoms with Gasteiger partial charge in [-0.25, -0.2) is 0 Å². The lowest BCUT2D eigenvalue weighted by Crippen LogP contribution is -2.16. The smallest absolute Gasteiger partial charge is 0.123 e. The van der Waals surface area contributed by atoms with Gasteiger partial charge in [-0.05, 0) is 19.9 Å². The van der Waals surface area contributed by atoms with Gasteiger partial charge in [0, 0.05) is 12.3 Å². The molecule has 3 N–H and O–H groups in total. The zero-order valence-electron chi connectivity index (χ0n) is 8.47. The van der Waals surface area contributed by atoms with Gasteiger partial charge in [0.1, 0.15) is 5.75 Å². The van der Waals surface area contributed by atoms with Gasteiger partial charge in [-0.15, -0.1) is 0 Å². The molecule has 0 fully saturated rings. The van der Waals surface area contributed by atoms with Crippen LogP contribution in [0.3, 0.4) is 0 Å². The number of nitrogens with zero attached hydrogens (tertiary/aromatic N) is 1. The van der Waals surface area contributed by atoms with Gasteiger partial charge in [0.15, 0.2) is 0 Å². The average molecular weight is 196 g/mol. The van der Waals surface area contributed by atoms with E-state index in [4.69, 9.17) is 15.6 Å². The summed E-state index contributed by atoms with van der Waals surface area (Å²) in [4.78, 5) is 4.05. The van der Waals surface area contributed by atoms with Crippen LogP contribution in [0.1, 0.15) is 25.6 Å². The summed E-state index contributed by atoms with van der Waals surface area (Å²) >= 11 is 0. The molecule has 0 aliphatic rings. The largest absolute Gasteiger partial charge is 0.491 e. The van der Waals surface area contributed by atoms with Crippen molar-refractivity contribution >= 4 is 0 Å². The molecule has 14 heavy (non-hydrogen) atoms. The molecule has 78 valence electrons. The van der Waals surface area contributed by atoms with E-state index in [0.717, 1.165) is 5.75 Å². The molecule has 1 unspecified atom stereocenters. The summed E-state index contributed by atoms with van der Waals surface area (Å²) in [7, 11) is 0. The molecule has 0 amide bonds. The van der Waals surface area contributed by atoms with Crippen LogP contribution < -0.4 is 10.5 Å². The minimum Gasteiger partial charge on any atom is -0.491 e. The Hall–Kier alpha value is -1.13. The summed E-state index contributed by atoms with van der Waals surface area (Å²) in [6.45, 7) is 3.79. The van der Waals surface area contributed by atoms with E-state index in [1.807, 2.05) is 13.8 Å². The van der Waals surface area contributed by atoms with E-state index in [0.29, 0.717) is 5.69 Å². The molecule has 0 bridgehead atoms. The minimum absolute atomic E-state index is 0.113. The number of aliphatic hydroxyl groups is 1. The summed E-state index contributed by atoms with van der Waals surface area (Å²) < 4.78 is 5.47. The molecule has 1 aromatic rings. The summed E-state index contributed by atoms with van der Waals surface area (Å²) in [6.07, 6.45) is 1.75. The molecule has 0 saturated carbocycles. The van der Waals surface area contributed by atoms with Crippen LogP contribution in [-0.4, -0.2) is 22.8 Å². The standard InChI is InChI=1S/C10H16N2O2/c1-7(2)14-8-3-4-12-10(5-8)9(11)6-13/h3-5,7,9,13H,6,11H2,1-2H3. The third kappa shape index (κ3) is 2.97. The second-order valence-electron chi connectivity index (χ2n) is 3.37. The first-order valence-electron chi connectivity index (χ1n) is 4.62. The maximum atomic E-state index is 8.86. The van der Waals surface area contributed by atoms with E-state index in [1.165, 1.54) is 0 Å². The third-order valence-corrected chi connectivity index (χ3v) is 1.70. The van der Waals surface area contributed by atoms with Crippen molar-refractivity contribution in [1.82, 2.24) is 4.98 Å². The SMILES string of the molecule is CC(C)Oc1ccnc(C(N)CO)c1. The predicted molar refractivity (Wildman–Crippen MR) is 54.0 cm³/mol. The Morgan fingerprint density at radius 2 is 2.29 bits per heavy atom. The summed E-state index contributed by atoms with van der Waals surface area (Å²) in [5, 5.41) is 8.86. The normalized spacial score (nSPS) is 12.9. The van der Waals surface area contributed by atoms with Gasteiger partial charge in [-0.1, -0.05) is 0 Å². The first kappa shape index (κ1) is 10.9. The van der Waals surface area contributed by atoms with E-state index in [1.54, 1.807) is 18.3 Å². The van der Waals surface area contributed by atoms with Crippen molar-refractivity contribution in [2.45, 2.75) is 26.0 Å². The highest BCUT2D eigenvalue weighted by Gasteiger charge is 2.07. The van der Waals surface area contributed by atoms with Crippen molar-refractivity contribution in [3.63, 3.8) is 0 Å². The van der Waals surface area contributed by atoms with E-state index >= 15 is 0 Å². The Balaban J connectivity index is 2.78. The first-order chi connectivity index (χ1) is 6.63. The van der Waals surface area contributed by atoms with Gasteiger partial charge in [-0.3, -0.25) is 4.98 Å². The molecule has 1 aromatic heterocycles. The molecule has 1 rings (SSSR count). The Kier molecular flexibility index (Phi) is 3.85. The highest BCUT2D eigenvalue weighted by atomic mass is 16.5. The van der Waals surface area contributed by atoms with E-state index in [2.05, 4.69) is 4.98 Å². The van der Waals surface area contributed by atoms with Crippen LogP contribution in [-0.2, 0) is 0 Å². The van der Waals surface area contributed by atoms with E-state index < -0.39 is 6.04 Å². The van der Waals surface area contributed by atoms with Crippen molar-refractivity contribution in [2.24, 2.45) is 5.73 Å². The topological polar surface area (TPSA) is 68.4 Å². The van der Waals surface area contributed by atoms with Gasteiger partial charge in [0.25, 0.3) is 0 Å². The number of pyridine rings is 1. The monoisotopic (exact) mass is 196 g/mol. The van der Waals surface area contributed by atoms with Crippen LogP contribution in [0.2, 0.25) is 0 Å². The highest BCUT2D eigenvalue weighted by molar-refractivity contribution is 5.24. The fourth-order valence-corrected chi connectivity index (χ4v) is 1.07. The Morgan fingerprint density at radius 1 is 1.57 bits per heavy atom. The number of hydrogen-bond donors (Lipinski definition) is 2. The molecule has 4 heteroatoms. The minimum atomic E-state index is -0.439. The number of aliphatic hydroxyl groups excluding tert-OH is 1. The fourth-order valence-electron chi connectivity index (χ4n) is 1.07. The van der Waals surface area contributed by atoms with Crippen molar-refractivity contribution in [2.75, 3.05) is 6.61 Å². The lowest BCUT2D eigenvalue weighted by Gasteiger charge is -2.12. The van der Waals surface area contributed by atoms with Gasteiger partial charge in [-0.2, -0.15) is 0 Å². The maximum absolute atomic E-state index is 8.86. The molecule has 0 aliphatic heterocycles. The first-order valence-corrected chi connectivity index (χ1v) is 4.62. The molecule has 0 aromatic carbocycles.